The molecule has 0 bridgehead atoms. The topological polar surface area (TPSA) is 214 Å². The van der Waals surface area contributed by atoms with Crippen molar-refractivity contribution in [3.63, 3.8) is 0 Å². The average Bonchev–Trinajstić information content (AvgIpc) is 3.87. The van der Waals surface area contributed by atoms with E-state index in [2.05, 4.69) is 41.3 Å². The highest BCUT2D eigenvalue weighted by Gasteiger charge is 2.29. The van der Waals surface area contributed by atoms with E-state index in [1.54, 1.807) is 16.1 Å². The fraction of sp³-hybridized carbons (Fsp3) is 0.500. The first-order chi connectivity index (χ1) is 23.6. The van der Waals surface area contributed by atoms with Crippen molar-refractivity contribution in [2.45, 2.75) is 79.6 Å². The molecule has 4 heterocycles. The second-order valence-electron chi connectivity index (χ2n) is 13.1. The Hall–Kier alpha value is -3.68. The molecule has 0 unspecified atom stereocenters. The highest BCUT2D eigenvalue weighted by atomic mass is 32.1. The minimum atomic E-state index is -1.13. The smallest absolute Gasteiger partial charge is 0.355 e. The molecule has 4 rings (SSSR count). The van der Waals surface area contributed by atoms with Gasteiger partial charge in [0.05, 0.1) is 24.2 Å². The monoisotopic (exact) mass is 761 g/mol. The van der Waals surface area contributed by atoms with Gasteiger partial charge >= 0.3 is 5.97 Å². The Morgan fingerprint density at radius 2 is 0.780 bits per heavy atom. The number of aromatic nitrogens is 4. The number of rotatable bonds is 16. The van der Waals surface area contributed by atoms with Crippen LogP contribution in [-0.2, 0) is 0 Å². The quantitative estimate of drug-likeness (QED) is 0.0597. The van der Waals surface area contributed by atoms with E-state index >= 15 is 0 Å². The minimum Gasteiger partial charge on any atom is -0.476 e. The van der Waals surface area contributed by atoms with Crippen LogP contribution in [0, 0.1) is 23.7 Å². The molecular formula is C32H43N9O5S4. The van der Waals surface area contributed by atoms with Crippen molar-refractivity contribution in [1.29, 1.82) is 0 Å². The molecule has 4 atom stereocenters. The summed E-state index contributed by atoms with van der Waals surface area (Å²) in [6, 6.07) is -1.64. The molecule has 0 spiro atoms. The number of nitrogens with one attached hydrogen (secondary N) is 4. The van der Waals surface area contributed by atoms with Crippen LogP contribution in [0.25, 0.3) is 0 Å². The summed E-state index contributed by atoms with van der Waals surface area (Å²) in [4.78, 5) is 69.1. The lowest BCUT2D eigenvalue weighted by Gasteiger charge is -2.21. The number of hydrazine groups is 1. The molecule has 4 aromatic heterocycles. The maximum Gasteiger partial charge on any atom is 0.355 e. The van der Waals surface area contributed by atoms with Gasteiger partial charge in [-0.05, 0) is 23.7 Å². The van der Waals surface area contributed by atoms with E-state index in [1.807, 2.05) is 55.4 Å². The molecule has 0 fully saturated rings. The zero-order valence-electron chi connectivity index (χ0n) is 29.0. The molecule has 3 amide bonds. The standard InChI is InChI=1S/C32H43N9O5S4/c1-13(2)21(28-35-18(10-48-28)26(43)40-23(15(5)6)30-37-20(12-50-30)32(45)46)38-25(42)17-9-47-29(34-17)22(14(3)4)39-27(44)19-11-49-31(36-19)24(41-33)16(7)8/h9-16,21-24,41H,33H2,1-8H3,(H,38,42)(H,39,44)(H,40,43)(H,45,46)/t21-,22-,23+,24+/m0/s1. The van der Waals surface area contributed by atoms with E-state index in [1.165, 1.54) is 50.7 Å². The Labute approximate surface area is 306 Å². The zero-order valence-corrected chi connectivity index (χ0v) is 32.3. The molecule has 0 radical (unpaired) electrons. The van der Waals surface area contributed by atoms with Crippen LogP contribution in [0.3, 0.4) is 0 Å². The van der Waals surface area contributed by atoms with E-state index < -0.39 is 35.9 Å². The molecule has 14 nitrogen and oxygen atoms in total. The number of carbonyl (C=O) groups is 4. The van der Waals surface area contributed by atoms with Crippen molar-refractivity contribution in [2.24, 2.45) is 29.5 Å². The summed E-state index contributed by atoms with van der Waals surface area (Å²) in [7, 11) is 0. The van der Waals surface area contributed by atoms with Gasteiger partial charge in [0.15, 0.2) is 5.69 Å². The summed E-state index contributed by atoms with van der Waals surface area (Å²) < 4.78 is 0. The molecule has 270 valence electrons. The predicted molar refractivity (Wildman–Crippen MR) is 195 cm³/mol. The Morgan fingerprint density at radius 3 is 1.02 bits per heavy atom. The molecule has 0 aliphatic rings. The Morgan fingerprint density at radius 1 is 0.520 bits per heavy atom. The van der Waals surface area contributed by atoms with Crippen LogP contribution in [0.1, 0.15) is 142 Å². The van der Waals surface area contributed by atoms with Gasteiger partial charge in [-0.15, -0.1) is 45.3 Å². The first-order valence-corrected chi connectivity index (χ1v) is 19.6. The van der Waals surface area contributed by atoms with Crippen molar-refractivity contribution < 1.29 is 24.3 Å². The Kier molecular flexibility index (Phi) is 13.3. The van der Waals surface area contributed by atoms with Gasteiger partial charge in [0, 0.05) is 21.5 Å². The van der Waals surface area contributed by atoms with Crippen LogP contribution in [0.4, 0.5) is 0 Å². The molecule has 0 aromatic carbocycles. The van der Waals surface area contributed by atoms with Gasteiger partial charge in [-0.2, -0.15) is 0 Å². The molecule has 0 aliphatic carbocycles. The van der Waals surface area contributed by atoms with E-state index in [4.69, 9.17) is 5.84 Å². The highest BCUT2D eigenvalue weighted by Crippen LogP contribution is 2.30. The summed E-state index contributed by atoms with van der Waals surface area (Å²) in [6.45, 7) is 15.7. The third kappa shape index (κ3) is 9.35. The molecular weight excluding hydrogens is 719 g/mol. The molecule has 0 saturated carbocycles. The van der Waals surface area contributed by atoms with Crippen LogP contribution >= 0.6 is 45.3 Å². The summed E-state index contributed by atoms with van der Waals surface area (Å²) in [5, 5.41) is 27.0. The van der Waals surface area contributed by atoms with E-state index in [-0.39, 0.29) is 58.4 Å². The Balaban J connectivity index is 1.44. The molecule has 7 N–H and O–H groups in total. The maximum atomic E-state index is 13.5. The lowest BCUT2D eigenvalue weighted by atomic mass is 10.0. The largest absolute Gasteiger partial charge is 0.476 e. The van der Waals surface area contributed by atoms with Gasteiger partial charge in [-0.1, -0.05) is 55.4 Å². The first kappa shape index (κ1) is 39.1. The second-order valence-corrected chi connectivity index (χ2v) is 16.6. The van der Waals surface area contributed by atoms with E-state index in [9.17, 15) is 24.3 Å². The number of carbonyl (C=O) groups excluding carboxylic acids is 3. The van der Waals surface area contributed by atoms with Crippen LogP contribution in [0.15, 0.2) is 21.5 Å². The van der Waals surface area contributed by atoms with Gasteiger partial charge in [0.1, 0.15) is 37.1 Å². The lowest BCUT2D eigenvalue weighted by Crippen LogP contribution is -2.34. The summed E-state index contributed by atoms with van der Waals surface area (Å²) in [5.74, 6) is 3.43. The first-order valence-electron chi connectivity index (χ1n) is 16.0. The second kappa shape index (κ2) is 17.0. The van der Waals surface area contributed by atoms with Gasteiger partial charge in [-0.25, -0.2) is 24.7 Å². The van der Waals surface area contributed by atoms with Gasteiger partial charge in [-0.3, -0.25) is 25.7 Å². The van der Waals surface area contributed by atoms with Gasteiger partial charge in [0.2, 0.25) is 0 Å². The third-order valence-electron chi connectivity index (χ3n) is 7.78. The molecule has 0 saturated heterocycles. The number of amides is 3. The van der Waals surface area contributed by atoms with Crippen LogP contribution < -0.4 is 27.2 Å². The van der Waals surface area contributed by atoms with Crippen molar-refractivity contribution >= 4 is 69.0 Å². The van der Waals surface area contributed by atoms with Crippen molar-refractivity contribution in [1.82, 2.24) is 41.3 Å². The lowest BCUT2D eigenvalue weighted by molar-refractivity contribution is 0.0690. The van der Waals surface area contributed by atoms with E-state index in [0.29, 0.717) is 15.0 Å². The molecule has 50 heavy (non-hydrogen) atoms. The minimum absolute atomic E-state index is 0.0263. The average molecular weight is 762 g/mol. The number of hydrogen-bond donors (Lipinski definition) is 6. The normalized spacial score (nSPS) is 14.2. The number of nitrogens with zero attached hydrogens (tertiary/aromatic N) is 4. The van der Waals surface area contributed by atoms with Crippen molar-refractivity contribution in [3.05, 3.63) is 64.3 Å². The fourth-order valence-electron chi connectivity index (χ4n) is 4.87. The number of nitrogens with two attached hydrogens (primary N) is 1. The molecule has 0 aliphatic heterocycles. The number of hydrogen-bond acceptors (Lipinski definition) is 14. The fourth-order valence-corrected chi connectivity index (χ4v) is 8.95. The van der Waals surface area contributed by atoms with Crippen LogP contribution in [0.5, 0.6) is 0 Å². The number of aromatic carboxylic acids is 1. The van der Waals surface area contributed by atoms with Crippen LogP contribution in [-0.4, -0.2) is 48.7 Å². The van der Waals surface area contributed by atoms with E-state index in [0.717, 1.165) is 5.01 Å². The highest BCUT2D eigenvalue weighted by molar-refractivity contribution is 7.10. The predicted octanol–water partition coefficient (Wildman–Crippen LogP) is 5.75. The SMILES string of the molecule is CC(C)[C@H](NC(=O)c1csc([C@H](NN)C(C)C)n1)c1nc(C(=O)N[C@H](c2nc(C(=O)N[C@@H](c3nc(C(=O)O)cs3)C(C)C)cs2)C(C)C)cs1. The van der Waals surface area contributed by atoms with Gasteiger partial charge in [0.25, 0.3) is 17.7 Å². The Bertz CT molecular complexity index is 1790. The molecule has 4 aromatic rings. The molecule has 18 heteroatoms. The third-order valence-corrected chi connectivity index (χ3v) is 11.5. The van der Waals surface area contributed by atoms with Crippen molar-refractivity contribution in [3.8, 4) is 0 Å². The van der Waals surface area contributed by atoms with Gasteiger partial charge < -0.3 is 21.1 Å². The zero-order chi connectivity index (χ0) is 36.9. The summed E-state index contributed by atoms with van der Waals surface area (Å²) in [5.41, 5.74) is 3.37. The summed E-state index contributed by atoms with van der Waals surface area (Å²) in [6.07, 6.45) is 0. The number of carboxylic acid groups (broad SMARTS) is 1. The van der Waals surface area contributed by atoms with Crippen molar-refractivity contribution in [2.75, 3.05) is 0 Å². The summed E-state index contributed by atoms with van der Waals surface area (Å²) >= 11 is 5.08. The number of thiazole rings is 4. The number of carboxylic acids is 1. The van der Waals surface area contributed by atoms with Crippen LogP contribution in [0.2, 0.25) is 0 Å². The maximum absolute atomic E-state index is 13.5.